The van der Waals surface area contributed by atoms with Crippen molar-refractivity contribution < 1.29 is 18.4 Å². The Labute approximate surface area is 181 Å². The summed E-state index contributed by atoms with van der Waals surface area (Å²) in [6.07, 6.45) is 1.42. The number of nitrogens with zero attached hydrogens (tertiary/aromatic N) is 3. The molecule has 0 spiro atoms. The van der Waals surface area contributed by atoms with E-state index in [2.05, 4.69) is 14.9 Å². The standard InChI is InChI=1S/C22H17FN4O3S/c23-16-8-10-17(11-9-16)27(22(29)18-14-31-26-25-18)20(19-7-4-12-30-19)21(28)24-13-15-5-2-1-3-6-15/h1-12,14,20H,13H2,(H,24,28)/t20-/m1/s1. The molecular formula is C22H17FN4O3S. The highest BCUT2D eigenvalue weighted by Crippen LogP contribution is 2.30. The minimum atomic E-state index is -1.14. The molecule has 4 aromatic rings. The first-order valence-electron chi connectivity index (χ1n) is 9.34. The fourth-order valence-corrected chi connectivity index (χ4v) is 3.50. The SMILES string of the molecule is O=C(NCc1ccccc1)[C@@H](c1ccco1)N(C(=O)c1csnn1)c1ccc(F)cc1. The van der Waals surface area contributed by atoms with Crippen LogP contribution in [0.1, 0.15) is 27.9 Å². The van der Waals surface area contributed by atoms with E-state index >= 15 is 0 Å². The van der Waals surface area contributed by atoms with Gasteiger partial charge in [0.1, 0.15) is 11.6 Å². The molecule has 1 atom stereocenters. The van der Waals surface area contributed by atoms with Gasteiger partial charge in [0.15, 0.2) is 11.7 Å². The van der Waals surface area contributed by atoms with Crippen molar-refractivity contribution in [3.63, 3.8) is 0 Å². The maximum Gasteiger partial charge on any atom is 0.280 e. The van der Waals surface area contributed by atoms with Gasteiger partial charge in [-0.3, -0.25) is 14.5 Å². The van der Waals surface area contributed by atoms with Crippen LogP contribution in [0.2, 0.25) is 0 Å². The van der Waals surface area contributed by atoms with Gasteiger partial charge in [0.05, 0.1) is 6.26 Å². The van der Waals surface area contributed by atoms with Crippen molar-refractivity contribution in [3.05, 3.63) is 101 Å². The summed E-state index contributed by atoms with van der Waals surface area (Å²) in [7, 11) is 0. The van der Waals surface area contributed by atoms with Gasteiger partial charge in [-0.2, -0.15) is 0 Å². The van der Waals surface area contributed by atoms with Gasteiger partial charge in [-0.15, -0.1) is 5.10 Å². The fraction of sp³-hybridized carbons (Fsp3) is 0.0909. The largest absolute Gasteiger partial charge is 0.467 e. The second-order valence-electron chi connectivity index (χ2n) is 6.56. The predicted octanol–water partition coefficient (Wildman–Crippen LogP) is 3.97. The van der Waals surface area contributed by atoms with Gasteiger partial charge in [-0.05, 0) is 53.5 Å². The van der Waals surface area contributed by atoms with Crippen molar-refractivity contribution in [1.82, 2.24) is 14.9 Å². The highest BCUT2D eigenvalue weighted by molar-refractivity contribution is 7.03. The maximum absolute atomic E-state index is 13.5. The second kappa shape index (κ2) is 9.31. The Morgan fingerprint density at radius 1 is 1.06 bits per heavy atom. The number of rotatable bonds is 7. The Morgan fingerprint density at radius 2 is 1.84 bits per heavy atom. The lowest BCUT2D eigenvalue weighted by atomic mass is 10.1. The molecule has 2 heterocycles. The van der Waals surface area contributed by atoms with Crippen molar-refractivity contribution >= 4 is 29.0 Å². The first kappa shape index (κ1) is 20.4. The lowest BCUT2D eigenvalue weighted by Gasteiger charge is -2.29. The molecule has 1 N–H and O–H groups in total. The molecule has 0 aliphatic heterocycles. The highest BCUT2D eigenvalue weighted by atomic mass is 32.1. The van der Waals surface area contributed by atoms with Crippen molar-refractivity contribution in [3.8, 4) is 0 Å². The minimum Gasteiger partial charge on any atom is -0.467 e. The monoisotopic (exact) mass is 436 g/mol. The number of furan rings is 1. The normalized spacial score (nSPS) is 11.6. The molecule has 2 amide bonds. The molecule has 156 valence electrons. The highest BCUT2D eigenvalue weighted by Gasteiger charge is 2.36. The van der Waals surface area contributed by atoms with Gasteiger partial charge >= 0.3 is 0 Å². The third-order valence-corrected chi connectivity index (χ3v) is 5.04. The third-order valence-electron chi connectivity index (χ3n) is 4.53. The number of carbonyl (C=O) groups excluding carboxylic acids is 2. The number of carbonyl (C=O) groups is 2. The third kappa shape index (κ3) is 4.67. The minimum absolute atomic E-state index is 0.0711. The number of anilines is 1. The van der Waals surface area contributed by atoms with E-state index in [1.54, 1.807) is 12.1 Å². The summed E-state index contributed by atoms with van der Waals surface area (Å²) >= 11 is 1.02. The van der Waals surface area contributed by atoms with Crippen molar-refractivity contribution in [2.24, 2.45) is 0 Å². The molecule has 7 nitrogen and oxygen atoms in total. The first-order valence-corrected chi connectivity index (χ1v) is 10.2. The Morgan fingerprint density at radius 3 is 2.48 bits per heavy atom. The number of hydrogen-bond donors (Lipinski definition) is 1. The Bertz CT molecular complexity index is 1130. The molecule has 0 unspecified atom stereocenters. The first-order chi connectivity index (χ1) is 15.1. The van der Waals surface area contributed by atoms with Crippen LogP contribution >= 0.6 is 11.5 Å². The Hall–Kier alpha value is -3.85. The average Bonchev–Trinajstić information content (AvgIpc) is 3.51. The van der Waals surface area contributed by atoms with Crippen LogP contribution in [0.5, 0.6) is 0 Å². The molecular weight excluding hydrogens is 419 g/mol. The molecule has 2 aromatic heterocycles. The van der Waals surface area contributed by atoms with Crippen LogP contribution < -0.4 is 10.2 Å². The number of halogens is 1. The Kier molecular flexibility index (Phi) is 6.13. The zero-order chi connectivity index (χ0) is 21.6. The van der Waals surface area contributed by atoms with Crippen molar-refractivity contribution in [1.29, 1.82) is 0 Å². The topological polar surface area (TPSA) is 88.3 Å². The summed E-state index contributed by atoms with van der Waals surface area (Å²) in [5, 5.41) is 8.17. The van der Waals surface area contributed by atoms with Gasteiger partial charge in [0.25, 0.3) is 11.8 Å². The van der Waals surface area contributed by atoms with Gasteiger partial charge in [0, 0.05) is 17.6 Å². The molecule has 2 aromatic carbocycles. The summed E-state index contributed by atoms with van der Waals surface area (Å²) < 4.78 is 22.8. The van der Waals surface area contributed by atoms with E-state index < -0.39 is 23.7 Å². The van der Waals surface area contributed by atoms with Crippen LogP contribution in [-0.2, 0) is 11.3 Å². The lowest BCUT2D eigenvalue weighted by molar-refractivity contribution is -0.123. The van der Waals surface area contributed by atoms with E-state index in [4.69, 9.17) is 4.42 Å². The van der Waals surface area contributed by atoms with Crippen LogP contribution in [-0.4, -0.2) is 21.4 Å². The molecule has 9 heteroatoms. The van der Waals surface area contributed by atoms with E-state index in [1.165, 1.54) is 40.8 Å². The van der Waals surface area contributed by atoms with E-state index in [1.807, 2.05) is 30.3 Å². The van der Waals surface area contributed by atoms with Crippen molar-refractivity contribution in [2.45, 2.75) is 12.6 Å². The molecule has 31 heavy (non-hydrogen) atoms. The van der Waals surface area contributed by atoms with E-state index in [9.17, 15) is 14.0 Å². The van der Waals surface area contributed by atoms with E-state index in [0.29, 0.717) is 5.69 Å². The zero-order valence-electron chi connectivity index (χ0n) is 16.1. The summed E-state index contributed by atoms with van der Waals surface area (Å²) in [5.41, 5.74) is 1.29. The smallest absolute Gasteiger partial charge is 0.280 e. The van der Waals surface area contributed by atoms with Gasteiger partial charge in [-0.1, -0.05) is 34.8 Å². The molecule has 4 rings (SSSR count). The molecule has 0 saturated carbocycles. The molecule has 0 radical (unpaired) electrons. The molecule has 0 saturated heterocycles. The summed E-state index contributed by atoms with van der Waals surface area (Å²) in [5.74, 6) is -1.22. The molecule has 0 fully saturated rings. The number of hydrogen-bond acceptors (Lipinski definition) is 6. The number of amides is 2. The summed E-state index contributed by atoms with van der Waals surface area (Å²) in [6.45, 7) is 0.264. The van der Waals surface area contributed by atoms with Gasteiger partial charge in [-0.25, -0.2) is 4.39 Å². The van der Waals surface area contributed by atoms with Crippen LogP contribution in [0.3, 0.4) is 0 Å². The number of aromatic nitrogens is 2. The van der Waals surface area contributed by atoms with Crippen molar-refractivity contribution in [2.75, 3.05) is 4.90 Å². The van der Waals surface area contributed by atoms with Crippen LogP contribution in [0.25, 0.3) is 0 Å². The average molecular weight is 436 g/mol. The molecule has 0 aliphatic rings. The summed E-state index contributed by atoms with van der Waals surface area (Å²) in [6, 6.07) is 16.8. The number of benzene rings is 2. The Balaban J connectivity index is 1.72. The van der Waals surface area contributed by atoms with Gasteiger partial charge < -0.3 is 9.73 Å². The molecule has 0 aliphatic carbocycles. The fourth-order valence-electron chi connectivity index (χ4n) is 3.07. The van der Waals surface area contributed by atoms with Crippen LogP contribution in [0.15, 0.2) is 82.8 Å². The molecule has 0 bridgehead atoms. The zero-order valence-corrected chi connectivity index (χ0v) is 17.0. The van der Waals surface area contributed by atoms with E-state index in [-0.39, 0.29) is 18.0 Å². The maximum atomic E-state index is 13.5. The lowest BCUT2D eigenvalue weighted by Crippen LogP contribution is -2.44. The summed E-state index contributed by atoms with van der Waals surface area (Å²) in [4.78, 5) is 27.9. The number of nitrogens with one attached hydrogen (secondary N) is 1. The predicted molar refractivity (Wildman–Crippen MR) is 113 cm³/mol. The van der Waals surface area contributed by atoms with Gasteiger partial charge in [0.2, 0.25) is 0 Å². The van der Waals surface area contributed by atoms with E-state index in [0.717, 1.165) is 17.1 Å². The van der Waals surface area contributed by atoms with Crippen LogP contribution in [0, 0.1) is 5.82 Å². The van der Waals surface area contributed by atoms with Crippen LogP contribution in [0.4, 0.5) is 10.1 Å². The second-order valence-corrected chi connectivity index (χ2v) is 7.17. The quantitative estimate of drug-likeness (QED) is 0.474.